The van der Waals surface area contributed by atoms with Crippen molar-refractivity contribution >= 4 is 23.2 Å². The summed E-state index contributed by atoms with van der Waals surface area (Å²) in [5.74, 6) is -0.589. The zero-order valence-corrected chi connectivity index (χ0v) is 15.7. The summed E-state index contributed by atoms with van der Waals surface area (Å²) in [5, 5.41) is 3.00. The van der Waals surface area contributed by atoms with E-state index in [4.69, 9.17) is 5.73 Å². The molecule has 0 bridgehead atoms. The van der Waals surface area contributed by atoms with Crippen LogP contribution in [0.25, 0.3) is 0 Å². The number of anilines is 2. The van der Waals surface area contributed by atoms with E-state index in [-0.39, 0.29) is 23.5 Å². The van der Waals surface area contributed by atoms with Gasteiger partial charge in [-0.3, -0.25) is 9.59 Å². The molecular weight excluding hydrogens is 357 g/mol. The van der Waals surface area contributed by atoms with Crippen LogP contribution < -0.4 is 16.0 Å². The lowest BCUT2D eigenvalue weighted by Gasteiger charge is -2.32. The third-order valence-corrected chi connectivity index (χ3v) is 5.97. The lowest BCUT2D eigenvalue weighted by atomic mass is 9.95. The molecule has 0 unspecified atom stereocenters. The Bertz CT molecular complexity index is 868. The normalized spacial score (nSPS) is 18.5. The van der Waals surface area contributed by atoms with E-state index < -0.39 is 5.41 Å². The van der Waals surface area contributed by atoms with Gasteiger partial charge < -0.3 is 16.0 Å². The Morgan fingerprint density at radius 2 is 1.61 bits per heavy atom. The maximum atomic E-state index is 13.2. The Morgan fingerprint density at radius 3 is 2.14 bits per heavy atom. The number of nitrogens with zero attached hydrogens (tertiary/aromatic N) is 1. The molecule has 2 fully saturated rings. The van der Waals surface area contributed by atoms with Crippen molar-refractivity contribution in [1.29, 1.82) is 0 Å². The van der Waals surface area contributed by atoms with Crippen LogP contribution in [-0.4, -0.2) is 24.9 Å². The minimum absolute atomic E-state index is 0.0315. The highest BCUT2D eigenvalue weighted by atomic mass is 19.1. The second-order valence-electron chi connectivity index (χ2n) is 7.75. The van der Waals surface area contributed by atoms with Gasteiger partial charge in [-0.25, -0.2) is 4.39 Å². The van der Waals surface area contributed by atoms with Gasteiger partial charge >= 0.3 is 0 Å². The van der Waals surface area contributed by atoms with Crippen LogP contribution in [0.3, 0.4) is 0 Å². The van der Waals surface area contributed by atoms with Crippen LogP contribution in [0.4, 0.5) is 15.8 Å². The van der Waals surface area contributed by atoms with Gasteiger partial charge in [-0.05, 0) is 67.6 Å². The molecule has 1 saturated heterocycles. The summed E-state index contributed by atoms with van der Waals surface area (Å²) in [7, 11) is 0. The largest absolute Gasteiger partial charge is 0.371 e. The van der Waals surface area contributed by atoms with Gasteiger partial charge in [-0.15, -0.1) is 0 Å². The predicted octanol–water partition coefficient (Wildman–Crippen LogP) is 3.20. The molecule has 5 nitrogen and oxygen atoms in total. The number of hydrogen-bond donors (Lipinski definition) is 2. The van der Waals surface area contributed by atoms with Gasteiger partial charge in [-0.2, -0.15) is 0 Å². The summed E-state index contributed by atoms with van der Waals surface area (Å²) in [4.78, 5) is 26.3. The van der Waals surface area contributed by atoms with Crippen LogP contribution in [0.15, 0.2) is 48.5 Å². The minimum Gasteiger partial charge on any atom is -0.371 e. The summed E-state index contributed by atoms with van der Waals surface area (Å²) in [6, 6.07) is 14.0. The Morgan fingerprint density at radius 1 is 1.00 bits per heavy atom. The number of piperidine rings is 1. The molecule has 4 rings (SSSR count). The number of hydrogen-bond acceptors (Lipinski definition) is 3. The van der Waals surface area contributed by atoms with E-state index in [0.29, 0.717) is 0 Å². The predicted molar refractivity (Wildman–Crippen MR) is 107 cm³/mol. The van der Waals surface area contributed by atoms with Crippen LogP contribution in [0, 0.1) is 11.7 Å². The molecule has 6 heteroatoms. The van der Waals surface area contributed by atoms with Crippen molar-refractivity contribution in [2.75, 3.05) is 23.3 Å². The molecule has 3 N–H and O–H groups in total. The third kappa shape index (κ3) is 3.59. The fraction of sp³-hybridized carbons (Fsp3) is 0.364. The minimum atomic E-state index is -0.539. The Balaban J connectivity index is 1.39. The van der Waals surface area contributed by atoms with Gasteiger partial charge in [0.2, 0.25) is 11.8 Å². The first-order valence-electron chi connectivity index (χ1n) is 9.70. The summed E-state index contributed by atoms with van der Waals surface area (Å²) in [6.07, 6.45) is 3.09. The van der Waals surface area contributed by atoms with Crippen LogP contribution in [-0.2, 0) is 15.0 Å². The standard InChI is InChI=1S/C22H24FN3O2/c23-17-3-1-16(2-4-17)22(11-12-22)21(28)25-18-5-7-19(8-6-18)26-13-9-15(10-14-26)20(24)27/h1-8,15H,9-14H2,(H2,24,27)(H,25,28). The molecular formula is C22H24FN3O2. The van der Waals surface area contributed by atoms with Crippen LogP contribution in [0.2, 0.25) is 0 Å². The van der Waals surface area contributed by atoms with Crippen LogP contribution >= 0.6 is 0 Å². The number of benzene rings is 2. The molecule has 0 atom stereocenters. The average Bonchev–Trinajstić information content (AvgIpc) is 3.51. The number of carbonyl (C=O) groups excluding carboxylic acids is 2. The molecule has 0 radical (unpaired) electrons. The Labute approximate surface area is 163 Å². The summed E-state index contributed by atoms with van der Waals surface area (Å²) in [5.41, 5.74) is 7.53. The van der Waals surface area contributed by atoms with Crippen molar-refractivity contribution in [2.45, 2.75) is 31.1 Å². The number of amides is 2. The van der Waals surface area contributed by atoms with Gasteiger partial charge in [0, 0.05) is 30.4 Å². The summed E-state index contributed by atoms with van der Waals surface area (Å²) < 4.78 is 13.2. The number of carbonyl (C=O) groups is 2. The van der Waals surface area contributed by atoms with Gasteiger partial charge in [0.25, 0.3) is 0 Å². The van der Waals surface area contributed by atoms with Crippen LogP contribution in [0.1, 0.15) is 31.2 Å². The summed E-state index contributed by atoms with van der Waals surface area (Å²) in [6.45, 7) is 1.60. The third-order valence-electron chi connectivity index (χ3n) is 5.97. The van der Waals surface area contributed by atoms with Crippen molar-refractivity contribution in [1.82, 2.24) is 0 Å². The number of primary amides is 1. The molecule has 1 aliphatic carbocycles. The molecule has 2 aromatic carbocycles. The SMILES string of the molecule is NC(=O)C1CCN(c2ccc(NC(=O)C3(c4ccc(F)cc4)CC3)cc2)CC1. The fourth-order valence-corrected chi connectivity index (χ4v) is 3.97. The first-order chi connectivity index (χ1) is 13.5. The van der Waals surface area contributed by atoms with E-state index in [9.17, 15) is 14.0 Å². The van der Waals surface area contributed by atoms with Crippen molar-refractivity contribution < 1.29 is 14.0 Å². The van der Waals surface area contributed by atoms with Crippen molar-refractivity contribution in [2.24, 2.45) is 11.7 Å². The molecule has 146 valence electrons. The first kappa shape index (κ1) is 18.5. The molecule has 1 aliphatic heterocycles. The van der Waals surface area contributed by atoms with E-state index >= 15 is 0 Å². The zero-order valence-electron chi connectivity index (χ0n) is 15.7. The van der Waals surface area contributed by atoms with Gasteiger partial charge in [0.15, 0.2) is 0 Å². The highest BCUT2D eigenvalue weighted by Gasteiger charge is 2.51. The summed E-state index contributed by atoms with van der Waals surface area (Å²) >= 11 is 0. The van der Waals surface area contributed by atoms with Crippen LogP contribution in [0.5, 0.6) is 0 Å². The monoisotopic (exact) mass is 381 g/mol. The molecule has 2 amide bonds. The fourth-order valence-electron chi connectivity index (χ4n) is 3.97. The number of nitrogens with one attached hydrogen (secondary N) is 1. The molecule has 1 heterocycles. The Kier molecular flexibility index (Phi) is 4.79. The second kappa shape index (κ2) is 7.26. The molecule has 2 aromatic rings. The smallest absolute Gasteiger partial charge is 0.235 e. The average molecular weight is 381 g/mol. The van der Waals surface area contributed by atoms with Crippen molar-refractivity contribution in [3.05, 3.63) is 59.9 Å². The quantitative estimate of drug-likeness (QED) is 0.835. The number of halogens is 1. The topological polar surface area (TPSA) is 75.4 Å². The highest BCUT2D eigenvalue weighted by Crippen LogP contribution is 2.49. The molecule has 1 saturated carbocycles. The first-order valence-corrected chi connectivity index (χ1v) is 9.70. The number of nitrogens with two attached hydrogens (primary N) is 1. The maximum absolute atomic E-state index is 13.2. The molecule has 0 aromatic heterocycles. The lowest BCUT2D eigenvalue weighted by molar-refractivity contribution is -0.122. The van der Waals surface area contributed by atoms with E-state index in [2.05, 4.69) is 10.2 Å². The van der Waals surface area contributed by atoms with Gasteiger partial charge in [0.05, 0.1) is 5.41 Å². The Hall–Kier alpha value is -2.89. The second-order valence-corrected chi connectivity index (χ2v) is 7.75. The van der Waals surface area contributed by atoms with Crippen molar-refractivity contribution in [3.63, 3.8) is 0 Å². The molecule has 2 aliphatic rings. The number of rotatable bonds is 5. The lowest BCUT2D eigenvalue weighted by Crippen LogP contribution is -2.38. The van der Waals surface area contributed by atoms with Gasteiger partial charge in [-0.1, -0.05) is 12.1 Å². The van der Waals surface area contributed by atoms with Gasteiger partial charge in [0.1, 0.15) is 5.82 Å². The zero-order chi connectivity index (χ0) is 19.7. The van der Waals surface area contributed by atoms with E-state index in [1.807, 2.05) is 24.3 Å². The van der Waals surface area contributed by atoms with E-state index in [1.54, 1.807) is 12.1 Å². The van der Waals surface area contributed by atoms with E-state index in [1.165, 1.54) is 12.1 Å². The maximum Gasteiger partial charge on any atom is 0.235 e. The highest BCUT2D eigenvalue weighted by molar-refractivity contribution is 6.01. The molecule has 28 heavy (non-hydrogen) atoms. The van der Waals surface area contributed by atoms with E-state index in [0.717, 1.165) is 55.7 Å². The van der Waals surface area contributed by atoms with Crippen molar-refractivity contribution in [3.8, 4) is 0 Å². The molecule has 0 spiro atoms.